The standard InChI is InChI=1S/C23H21N7O/c1-14-10-15(2)30-23(26-14)27-20(29-30)12-21(31)28-22(16-6-4-3-5-7-16)17-8-9-18-19(11-17)25-13-24-18/h3-11,13,22H,12H2,1-2H3,(H,24,25)(H,28,31). The zero-order chi connectivity index (χ0) is 21.4. The molecule has 0 bridgehead atoms. The molecule has 1 atom stereocenters. The lowest BCUT2D eigenvalue weighted by atomic mass is 9.98. The third kappa shape index (κ3) is 3.75. The van der Waals surface area contributed by atoms with Gasteiger partial charge in [0.05, 0.1) is 29.8 Å². The second-order valence-corrected chi connectivity index (χ2v) is 7.55. The maximum absolute atomic E-state index is 13.0. The molecule has 1 unspecified atom stereocenters. The van der Waals surface area contributed by atoms with Crippen LogP contribution in [0.4, 0.5) is 0 Å². The summed E-state index contributed by atoms with van der Waals surface area (Å²) in [4.78, 5) is 29.2. The van der Waals surface area contributed by atoms with Gasteiger partial charge in [0, 0.05) is 11.4 Å². The first-order chi connectivity index (χ1) is 15.1. The van der Waals surface area contributed by atoms with Crippen LogP contribution in [-0.2, 0) is 11.2 Å². The quantitative estimate of drug-likeness (QED) is 0.463. The molecule has 3 heterocycles. The zero-order valence-corrected chi connectivity index (χ0v) is 17.2. The van der Waals surface area contributed by atoms with Crippen molar-refractivity contribution in [3.05, 3.63) is 89.3 Å². The van der Waals surface area contributed by atoms with Crippen LogP contribution >= 0.6 is 0 Å². The number of aromatic amines is 1. The Bertz CT molecular complexity index is 1390. The first-order valence-electron chi connectivity index (χ1n) is 10.0. The van der Waals surface area contributed by atoms with Gasteiger partial charge in [0.1, 0.15) is 0 Å². The number of hydrogen-bond donors (Lipinski definition) is 2. The monoisotopic (exact) mass is 411 g/mol. The molecule has 31 heavy (non-hydrogen) atoms. The number of H-pyrrole nitrogens is 1. The smallest absolute Gasteiger partial charge is 0.252 e. The van der Waals surface area contributed by atoms with Gasteiger partial charge < -0.3 is 10.3 Å². The van der Waals surface area contributed by atoms with E-state index < -0.39 is 0 Å². The number of imidazole rings is 1. The van der Waals surface area contributed by atoms with Crippen molar-refractivity contribution >= 4 is 22.7 Å². The number of fused-ring (bicyclic) bond motifs is 2. The maximum atomic E-state index is 13.0. The summed E-state index contributed by atoms with van der Waals surface area (Å²) in [6.45, 7) is 3.85. The van der Waals surface area contributed by atoms with Gasteiger partial charge in [0.15, 0.2) is 5.82 Å². The minimum absolute atomic E-state index is 0.0669. The molecule has 0 saturated heterocycles. The van der Waals surface area contributed by atoms with Crippen molar-refractivity contribution in [1.29, 1.82) is 0 Å². The largest absolute Gasteiger partial charge is 0.345 e. The molecule has 3 aromatic heterocycles. The molecule has 5 rings (SSSR count). The van der Waals surface area contributed by atoms with Gasteiger partial charge in [-0.1, -0.05) is 36.4 Å². The van der Waals surface area contributed by atoms with E-state index in [2.05, 4.69) is 30.4 Å². The Hall–Kier alpha value is -4.07. The molecule has 0 spiro atoms. The summed E-state index contributed by atoms with van der Waals surface area (Å²) in [7, 11) is 0. The lowest BCUT2D eigenvalue weighted by Gasteiger charge is -2.19. The summed E-state index contributed by atoms with van der Waals surface area (Å²) in [5.74, 6) is 0.781. The molecule has 0 saturated carbocycles. The van der Waals surface area contributed by atoms with Crippen LogP contribution in [0.1, 0.15) is 34.4 Å². The van der Waals surface area contributed by atoms with Crippen LogP contribution in [-0.4, -0.2) is 35.5 Å². The van der Waals surface area contributed by atoms with E-state index >= 15 is 0 Å². The molecule has 8 heteroatoms. The molecular formula is C23H21N7O. The van der Waals surface area contributed by atoms with E-state index in [0.717, 1.165) is 33.5 Å². The number of nitrogens with one attached hydrogen (secondary N) is 2. The van der Waals surface area contributed by atoms with Gasteiger partial charge in [-0.15, -0.1) is 5.10 Å². The number of hydrogen-bond acceptors (Lipinski definition) is 5. The van der Waals surface area contributed by atoms with Gasteiger partial charge in [0.2, 0.25) is 5.91 Å². The zero-order valence-electron chi connectivity index (χ0n) is 17.2. The Morgan fingerprint density at radius 2 is 1.90 bits per heavy atom. The van der Waals surface area contributed by atoms with E-state index in [0.29, 0.717) is 11.6 Å². The fraction of sp³-hybridized carbons (Fsp3) is 0.174. The lowest BCUT2D eigenvalue weighted by Crippen LogP contribution is -2.31. The highest BCUT2D eigenvalue weighted by Crippen LogP contribution is 2.24. The fourth-order valence-electron chi connectivity index (χ4n) is 3.78. The molecule has 8 nitrogen and oxygen atoms in total. The Balaban J connectivity index is 1.43. The predicted molar refractivity (Wildman–Crippen MR) is 116 cm³/mol. The highest BCUT2D eigenvalue weighted by atomic mass is 16.1. The van der Waals surface area contributed by atoms with Crippen LogP contribution in [0.25, 0.3) is 16.8 Å². The summed E-state index contributed by atoms with van der Waals surface area (Å²) < 4.78 is 1.66. The number of carbonyl (C=O) groups is 1. The normalized spacial score (nSPS) is 12.3. The second-order valence-electron chi connectivity index (χ2n) is 7.55. The third-order valence-corrected chi connectivity index (χ3v) is 5.20. The van der Waals surface area contributed by atoms with Crippen molar-refractivity contribution < 1.29 is 4.79 Å². The molecule has 5 aromatic rings. The fourth-order valence-corrected chi connectivity index (χ4v) is 3.78. The molecule has 0 fully saturated rings. The predicted octanol–water partition coefficient (Wildman–Crippen LogP) is 3.07. The molecule has 2 aromatic carbocycles. The number of benzene rings is 2. The summed E-state index contributed by atoms with van der Waals surface area (Å²) in [5, 5.41) is 7.59. The van der Waals surface area contributed by atoms with Crippen LogP contribution in [0.2, 0.25) is 0 Å². The molecule has 154 valence electrons. The van der Waals surface area contributed by atoms with Crippen LogP contribution in [0.5, 0.6) is 0 Å². The van der Waals surface area contributed by atoms with Gasteiger partial charge >= 0.3 is 0 Å². The van der Waals surface area contributed by atoms with E-state index in [1.165, 1.54) is 0 Å². The van der Waals surface area contributed by atoms with Crippen LogP contribution in [0.3, 0.4) is 0 Å². The number of carbonyl (C=O) groups excluding carboxylic acids is 1. The third-order valence-electron chi connectivity index (χ3n) is 5.20. The number of aryl methyl sites for hydroxylation is 2. The van der Waals surface area contributed by atoms with Gasteiger partial charge in [-0.25, -0.2) is 14.5 Å². The SMILES string of the molecule is Cc1cc(C)n2nc(CC(=O)NC(c3ccccc3)c3ccc4nc[nH]c4c3)nc2n1. The Labute approximate surface area is 178 Å². The van der Waals surface area contributed by atoms with Gasteiger partial charge in [0.25, 0.3) is 5.78 Å². The van der Waals surface area contributed by atoms with E-state index in [1.807, 2.05) is 68.4 Å². The molecule has 1 amide bonds. The van der Waals surface area contributed by atoms with Crippen molar-refractivity contribution in [2.45, 2.75) is 26.3 Å². The highest BCUT2D eigenvalue weighted by Gasteiger charge is 2.19. The van der Waals surface area contributed by atoms with Crippen molar-refractivity contribution in [2.75, 3.05) is 0 Å². The Kier molecular flexibility index (Phi) is 4.66. The van der Waals surface area contributed by atoms with Crippen LogP contribution in [0, 0.1) is 13.8 Å². The molecule has 0 aliphatic carbocycles. The summed E-state index contributed by atoms with van der Waals surface area (Å²) >= 11 is 0. The minimum atomic E-state index is -0.305. The Morgan fingerprint density at radius 3 is 2.74 bits per heavy atom. The van der Waals surface area contributed by atoms with Crippen molar-refractivity contribution in [2.24, 2.45) is 0 Å². The van der Waals surface area contributed by atoms with E-state index in [4.69, 9.17) is 0 Å². The molecule has 0 aliphatic rings. The lowest BCUT2D eigenvalue weighted by molar-refractivity contribution is -0.121. The first kappa shape index (κ1) is 18.9. The van der Waals surface area contributed by atoms with Gasteiger partial charge in [-0.3, -0.25) is 4.79 Å². The minimum Gasteiger partial charge on any atom is -0.345 e. The molecule has 2 N–H and O–H groups in total. The average molecular weight is 411 g/mol. The maximum Gasteiger partial charge on any atom is 0.252 e. The van der Waals surface area contributed by atoms with Gasteiger partial charge in [-0.2, -0.15) is 4.98 Å². The van der Waals surface area contributed by atoms with Crippen LogP contribution < -0.4 is 5.32 Å². The number of nitrogens with zero attached hydrogens (tertiary/aromatic N) is 5. The van der Waals surface area contributed by atoms with Crippen molar-refractivity contribution in [1.82, 2.24) is 34.9 Å². The molecule has 0 aliphatic heterocycles. The summed E-state index contributed by atoms with van der Waals surface area (Å²) in [6, 6.07) is 17.5. The Morgan fingerprint density at radius 1 is 1.06 bits per heavy atom. The first-order valence-corrected chi connectivity index (χ1v) is 10.0. The number of aromatic nitrogens is 6. The number of rotatable bonds is 5. The highest BCUT2D eigenvalue weighted by molar-refractivity contribution is 5.80. The summed E-state index contributed by atoms with van der Waals surface area (Å²) in [6.07, 6.45) is 1.73. The molecule has 0 radical (unpaired) electrons. The second kappa shape index (κ2) is 7.64. The van der Waals surface area contributed by atoms with Crippen molar-refractivity contribution in [3.63, 3.8) is 0 Å². The van der Waals surface area contributed by atoms with Crippen molar-refractivity contribution in [3.8, 4) is 0 Å². The van der Waals surface area contributed by atoms with E-state index in [-0.39, 0.29) is 18.4 Å². The molecular weight excluding hydrogens is 390 g/mol. The van der Waals surface area contributed by atoms with Gasteiger partial charge in [-0.05, 0) is 43.2 Å². The number of amides is 1. The summed E-state index contributed by atoms with van der Waals surface area (Å²) in [5.41, 5.74) is 5.56. The van der Waals surface area contributed by atoms with Crippen LogP contribution in [0.15, 0.2) is 60.9 Å². The van der Waals surface area contributed by atoms with E-state index in [1.54, 1.807) is 10.8 Å². The topological polar surface area (TPSA) is 101 Å². The average Bonchev–Trinajstić information content (AvgIpc) is 3.38. The van der Waals surface area contributed by atoms with E-state index in [9.17, 15) is 4.79 Å².